The van der Waals surface area contributed by atoms with Crippen LogP contribution >= 0.6 is 11.7 Å². The molecule has 0 aliphatic carbocycles. The smallest absolute Gasteiger partial charge is 0.355 e. The van der Waals surface area contributed by atoms with E-state index >= 15 is 0 Å². The molecule has 0 radical (unpaired) electrons. The molecule has 0 saturated carbocycles. The van der Waals surface area contributed by atoms with Crippen molar-refractivity contribution >= 4 is 39.6 Å². The molecule has 2 aromatic heterocycles. The molecule has 0 aliphatic heterocycles. The first-order valence-electron chi connectivity index (χ1n) is 13.5. The lowest BCUT2D eigenvalue weighted by molar-refractivity contribution is 0.0516. The Hall–Kier alpha value is -4.89. The number of methoxy groups -OCH3 is 2. The number of fused-ring (bicyclic) bond motifs is 2. The highest BCUT2D eigenvalue weighted by molar-refractivity contribution is 7.00. The second-order valence-electron chi connectivity index (χ2n) is 9.64. The van der Waals surface area contributed by atoms with Gasteiger partial charge in [0.1, 0.15) is 29.1 Å². The van der Waals surface area contributed by atoms with Gasteiger partial charge in [-0.25, -0.2) is 4.79 Å². The minimum atomic E-state index is -0.417. The summed E-state index contributed by atoms with van der Waals surface area (Å²) in [5.41, 5.74) is 6.40. The van der Waals surface area contributed by atoms with Gasteiger partial charge in [-0.1, -0.05) is 48.5 Å². The molecule has 6 aromatic rings. The fourth-order valence-corrected chi connectivity index (χ4v) is 5.60. The van der Waals surface area contributed by atoms with Gasteiger partial charge in [-0.3, -0.25) is 0 Å². The molecule has 8 nitrogen and oxygen atoms in total. The predicted molar refractivity (Wildman–Crippen MR) is 164 cm³/mol. The number of aromatic nitrogens is 3. The van der Waals surface area contributed by atoms with E-state index in [0.29, 0.717) is 30.3 Å². The average molecular weight is 580 g/mol. The number of rotatable bonds is 10. The lowest BCUT2D eigenvalue weighted by Crippen LogP contribution is -2.14. The number of carbonyl (C=O) groups excluding carboxylic acids is 1. The third-order valence-corrected chi connectivity index (χ3v) is 7.65. The van der Waals surface area contributed by atoms with E-state index in [4.69, 9.17) is 18.9 Å². The molecule has 212 valence electrons. The summed E-state index contributed by atoms with van der Waals surface area (Å²) in [5.74, 6) is 1.48. The van der Waals surface area contributed by atoms with Crippen molar-refractivity contribution in [3.63, 3.8) is 0 Å². The topological polar surface area (TPSA) is 84.7 Å². The number of hydrogen-bond donors (Lipinski definition) is 0. The van der Waals surface area contributed by atoms with E-state index in [-0.39, 0.29) is 6.61 Å². The first-order chi connectivity index (χ1) is 20.6. The van der Waals surface area contributed by atoms with E-state index in [1.807, 2.05) is 89.5 Å². The zero-order chi connectivity index (χ0) is 29.1. The van der Waals surface area contributed by atoms with Gasteiger partial charge in [0, 0.05) is 23.6 Å². The van der Waals surface area contributed by atoms with Gasteiger partial charge < -0.3 is 23.5 Å². The molecule has 0 bridgehead atoms. The van der Waals surface area contributed by atoms with Gasteiger partial charge in [0.25, 0.3) is 0 Å². The maximum atomic E-state index is 13.7. The molecular formula is C33H29N3O5S. The molecule has 0 unspecified atom stereocenters. The second-order valence-corrected chi connectivity index (χ2v) is 10.2. The van der Waals surface area contributed by atoms with Crippen molar-refractivity contribution in [1.29, 1.82) is 0 Å². The SMILES string of the molecule is CCOC(=O)c1c(-c2ccc3nsnc3c2)c2cc(OC)c(OCc3ccccc3)cc2n1Cc1ccc(OC)cc1. The molecule has 2 heterocycles. The van der Waals surface area contributed by atoms with Crippen molar-refractivity contribution in [3.8, 4) is 28.4 Å². The normalized spacial score (nSPS) is 11.1. The minimum Gasteiger partial charge on any atom is -0.497 e. The van der Waals surface area contributed by atoms with E-state index in [0.717, 1.165) is 61.7 Å². The van der Waals surface area contributed by atoms with E-state index in [9.17, 15) is 4.79 Å². The molecule has 0 saturated heterocycles. The number of esters is 1. The maximum Gasteiger partial charge on any atom is 0.355 e. The van der Waals surface area contributed by atoms with Crippen LogP contribution in [0, 0.1) is 0 Å². The van der Waals surface area contributed by atoms with Crippen LogP contribution in [0.3, 0.4) is 0 Å². The van der Waals surface area contributed by atoms with Crippen LogP contribution < -0.4 is 14.2 Å². The number of ether oxygens (including phenoxy) is 4. The van der Waals surface area contributed by atoms with Gasteiger partial charge in [0.05, 0.1) is 38.1 Å². The molecule has 0 fully saturated rings. The Morgan fingerprint density at radius 1 is 0.833 bits per heavy atom. The summed E-state index contributed by atoms with van der Waals surface area (Å²) in [7, 11) is 3.25. The first-order valence-corrected chi connectivity index (χ1v) is 14.3. The van der Waals surface area contributed by atoms with E-state index in [1.54, 1.807) is 21.1 Å². The van der Waals surface area contributed by atoms with Gasteiger partial charge in [0.15, 0.2) is 11.5 Å². The number of nitrogens with zero attached hydrogens (tertiary/aromatic N) is 3. The van der Waals surface area contributed by atoms with E-state index in [1.165, 1.54) is 0 Å². The second kappa shape index (κ2) is 11.9. The highest BCUT2D eigenvalue weighted by Gasteiger charge is 2.27. The van der Waals surface area contributed by atoms with Crippen molar-refractivity contribution < 1.29 is 23.7 Å². The van der Waals surface area contributed by atoms with Crippen LogP contribution in [-0.2, 0) is 17.9 Å². The van der Waals surface area contributed by atoms with Crippen LogP contribution in [0.1, 0.15) is 28.5 Å². The Bertz CT molecular complexity index is 1860. The van der Waals surface area contributed by atoms with Crippen LogP contribution in [0.25, 0.3) is 33.1 Å². The molecule has 4 aromatic carbocycles. The summed E-state index contributed by atoms with van der Waals surface area (Å²) in [6.45, 7) is 2.83. The van der Waals surface area contributed by atoms with Gasteiger partial charge in [0.2, 0.25) is 0 Å². The maximum absolute atomic E-state index is 13.7. The summed E-state index contributed by atoms with van der Waals surface area (Å²) in [5, 5.41) is 0.831. The quantitative estimate of drug-likeness (QED) is 0.160. The molecule has 0 amide bonds. The van der Waals surface area contributed by atoms with Crippen molar-refractivity contribution in [1.82, 2.24) is 13.3 Å². The number of benzene rings is 4. The Balaban J connectivity index is 1.58. The van der Waals surface area contributed by atoms with Crippen molar-refractivity contribution in [2.75, 3.05) is 20.8 Å². The summed E-state index contributed by atoms with van der Waals surface area (Å²) in [6.07, 6.45) is 0. The van der Waals surface area contributed by atoms with Crippen LogP contribution in [0.15, 0.2) is 84.9 Å². The van der Waals surface area contributed by atoms with Gasteiger partial charge in [-0.15, -0.1) is 0 Å². The zero-order valence-electron chi connectivity index (χ0n) is 23.5. The fraction of sp³-hybridized carbons (Fsp3) is 0.182. The minimum absolute atomic E-state index is 0.242. The van der Waals surface area contributed by atoms with Gasteiger partial charge >= 0.3 is 5.97 Å². The van der Waals surface area contributed by atoms with Crippen LogP contribution in [0.4, 0.5) is 0 Å². The summed E-state index contributed by atoms with van der Waals surface area (Å²) >= 11 is 1.16. The lowest BCUT2D eigenvalue weighted by atomic mass is 10.0. The molecule has 0 spiro atoms. The molecule has 0 atom stereocenters. The van der Waals surface area contributed by atoms with Crippen LogP contribution in [0.2, 0.25) is 0 Å². The van der Waals surface area contributed by atoms with E-state index in [2.05, 4.69) is 8.75 Å². The van der Waals surface area contributed by atoms with Gasteiger partial charge in [-0.05, 0) is 53.9 Å². The first kappa shape index (κ1) is 27.3. The molecule has 0 aliphatic rings. The average Bonchev–Trinajstić information content (AvgIpc) is 3.62. The zero-order valence-corrected chi connectivity index (χ0v) is 24.3. The van der Waals surface area contributed by atoms with Crippen molar-refractivity contribution in [2.45, 2.75) is 20.1 Å². The Labute approximate surface area is 247 Å². The molecular weight excluding hydrogens is 550 g/mol. The van der Waals surface area contributed by atoms with Crippen molar-refractivity contribution in [2.24, 2.45) is 0 Å². The van der Waals surface area contributed by atoms with E-state index < -0.39 is 5.97 Å². The fourth-order valence-electron chi connectivity index (χ4n) is 5.08. The third-order valence-electron chi connectivity index (χ3n) is 7.10. The molecule has 42 heavy (non-hydrogen) atoms. The Kier molecular flexibility index (Phi) is 7.74. The number of carbonyl (C=O) groups is 1. The monoisotopic (exact) mass is 579 g/mol. The van der Waals surface area contributed by atoms with Crippen molar-refractivity contribution in [3.05, 3.63) is 102 Å². The molecule has 9 heteroatoms. The third kappa shape index (κ3) is 5.26. The summed E-state index contributed by atoms with van der Waals surface area (Å²) in [4.78, 5) is 13.7. The summed E-state index contributed by atoms with van der Waals surface area (Å²) in [6, 6.07) is 27.5. The van der Waals surface area contributed by atoms with Crippen LogP contribution in [-0.4, -0.2) is 40.1 Å². The molecule has 0 N–H and O–H groups in total. The van der Waals surface area contributed by atoms with Crippen LogP contribution in [0.5, 0.6) is 17.2 Å². The standard InChI is InChI=1S/C33H29N3O5S/c1-4-40-33(37)32-31(23-12-15-26-27(16-23)35-42-34-26)25-17-29(39-3)30(41-20-22-8-6-5-7-9-22)18-28(25)36(32)19-21-10-13-24(38-2)14-11-21/h5-18H,4,19-20H2,1-3H3. The lowest BCUT2D eigenvalue weighted by Gasteiger charge is -2.14. The highest BCUT2D eigenvalue weighted by atomic mass is 32.1. The number of hydrogen-bond acceptors (Lipinski definition) is 8. The summed E-state index contributed by atoms with van der Waals surface area (Å²) < 4.78 is 33.9. The predicted octanol–water partition coefficient (Wildman–Crippen LogP) is 7.13. The molecule has 6 rings (SSSR count). The Morgan fingerprint density at radius 2 is 1.62 bits per heavy atom. The van der Waals surface area contributed by atoms with Gasteiger partial charge in [-0.2, -0.15) is 8.75 Å². The highest BCUT2D eigenvalue weighted by Crippen LogP contribution is 2.42. The largest absolute Gasteiger partial charge is 0.497 e. The Morgan fingerprint density at radius 3 is 2.36 bits per heavy atom.